The molecule has 1 aliphatic rings. The highest BCUT2D eigenvalue weighted by Gasteiger charge is 2.20. The van der Waals surface area contributed by atoms with E-state index in [-0.39, 0.29) is 0 Å². The number of methoxy groups -OCH3 is 1. The van der Waals surface area contributed by atoms with E-state index < -0.39 is 0 Å². The van der Waals surface area contributed by atoms with Crippen LogP contribution >= 0.6 is 15.9 Å². The Morgan fingerprint density at radius 1 is 1.37 bits per heavy atom. The lowest BCUT2D eigenvalue weighted by molar-refractivity contribution is 0.160. The van der Waals surface area contributed by atoms with Crippen molar-refractivity contribution in [3.05, 3.63) is 28.2 Å². The van der Waals surface area contributed by atoms with Crippen LogP contribution in [0.3, 0.4) is 0 Å². The average molecular weight is 327 g/mol. The number of piperidine rings is 1. The van der Waals surface area contributed by atoms with Gasteiger partial charge in [-0.25, -0.2) is 0 Å². The van der Waals surface area contributed by atoms with E-state index in [0.717, 1.165) is 36.4 Å². The second-order valence-electron chi connectivity index (χ2n) is 5.00. The standard InChI is InChI=1S/C15H23BrN2O/c1-3-18(14-6-8-17-9-7-14)11-12-10-13(16)4-5-15(12)19-2/h4-5,10,14,17H,3,6-9,11H2,1-2H3. The van der Waals surface area contributed by atoms with Crippen LogP contribution in [0.5, 0.6) is 5.75 Å². The summed E-state index contributed by atoms with van der Waals surface area (Å²) in [5.74, 6) is 0.982. The molecule has 0 saturated carbocycles. The number of nitrogens with one attached hydrogen (secondary N) is 1. The molecule has 0 atom stereocenters. The fourth-order valence-electron chi connectivity index (χ4n) is 2.76. The van der Waals surface area contributed by atoms with Crippen LogP contribution in [0.25, 0.3) is 0 Å². The zero-order chi connectivity index (χ0) is 13.7. The van der Waals surface area contributed by atoms with E-state index in [9.17, 15) is 0 Å². The summed E-state index contributed by atoms with van der Waals surface area (Å²) in [6.45, 7) is 6.56. The highest BCUT2D eigenvalue weighted by atomic mass is 79.9. The van der Waals surface area contributed by atoms with Gasteiger partial charge in [-0.2, -0.15) is 0 Å². The van der Waals surface area contributed by atoms with Crippen molar-refractivity contribution in [1.82, 2.24) is 10.2 Å². The molecule has 4 heteroatoms. The monoisotopic (exact) mass is 326 g/mol. The molecule has 0 aliphatic carbocycles. The average Bonchev–Trinajstić information content (AvgIpc) is 2.46. The van der Waals surface area contributed by atoms with Crippen molar-refractivity contribution >= 4 is 15.9 Å². The van der Waals surface area contributed by atoms with Gasteiger partial charge in [-0.05, 0) is 50.7 Å². The lowest BCUT2D eigenvalue weighted by Gasteiger charge is -2.34. The highest BCUT2D eigenvalue weighted by molar-refractivity contribution is 9.10. The molecule has 1 heterocycles. The first kappa shape index (κ1) is 14.8. The molecule has 106 valence electrons. The number of benzene rings is 1. The summed E-state index contributed by atoms with van der Waals surface area (Å²) in [5, 5.41) is 3.43. The van der Waals surface area contributed by atoms with E-state index in [1.165, 1.54) is 18.4 Å². The number of halogens is 1. The van der Waals surface area contributed by atoms with Crippen LogP contribution in [0.4, 0.5) is 0 Å². The van der Waals surface area contributed by atoms with Crippen LogP contribution < -0.4 is 10.1 Å². The summed E-state index contributed by atoms with van der Waals surface area (Å²) in [7, 11) is 1.74. The number of hydrogen-bond donors (Lipinski definition) is 1. The second-order valence-corrected chi connectivity index (χ2v) is 5.92. The number of nitrogens with zero attached hydrogens (tertiary/aromatic N) is 1. The molecule has 0 aromatic heterocycles. The van der Waals surface area contributed by atoms with Gasteiger partial charge in [-0.15, -0.1) is 0 Å². The topological polar surface area (TPSA) is 24.5 Å². The van der Waals surface area contributed by atoms with Gasteiger partial charge in [-0.3, -0.25) is 4.90 Å². The SMILES string of the molecule is CCN(Cc1cc(Br)ccc1OC)C1CCNCC1. The van der Waals surface area contributed by atoms with Gasteiger partial charge < -0.3 is 10.1 Å². The first-order valence-electron chi connectivity index (χ1n) is 7.01. The quantitative estimate of drug-likeness (QED) is 0.900. The van der Waals surface area contributed by atoms with E-state index >= 15 is 0 Å². The van der Waals surface area contributed by atoms with Gasteiger partial charge in [0.05, 0.1) is 7.11 Å². The Bertz CT molecular complexity index is 405. The van der Waals surface area contributed by atoms with Gasteiger partial charge >= 0.3 is 0 Å². The van der Waals surface area contributed by atoms with Gasteiger partial charge in [0, 0.05) is 22.6 Å². The van der Waals surface area contributed by atoms with Crippen molar-refractivity contribution < 1.29 is 4.74 Å². The number of ether oxygens (including phenoxy) is 1. The zero-order valence-electron chi connectivity index (χ0n) is 11.8. The summed E-state index contributed by atoms with van der Waals surface area (Å²) in [5.41, 5.74) is 1.26. The third-order valence-corrected chi connectivity index (χ3v) is 4.34. The van der Waals surface area contributed by atoms with Crippen molar-refractivity contribution in [1.29, 1.82) is 0 Å². The molecule has 0 amide bonds. The molecular weight excluding hydrogens is 304 g/mol. The predicted molar refractivity (Wildman–Crippen MR) is 82.7 cm³/mol. The zero-order valence-corrected chi connectivity index (χ0v) is 13.4. The summed E-state index contributed by atoms with van der Waals surface area (Å²) in [6, 6.07) is 6.93. The fourth-order valence-corrected chi connectivity index (χ4v) is 3.17. The first-order chi connectivity index (χ1) is 9.24. The smallest absolute Gasteiger partial charge is 0.123 e. The Kier molecular flexibility index (Phi) is 5.67. The molecule has 0 spiro atoms. The molecule has 0 unspecified atom stereocenters. The molecule has 1 aliphatic heterocycles. The van der Waals surface area contributed by atoms with Crippen molar-refractivity contribution in [2.45, 2.75) is 32.4 Å². The molecule has 3 nitrogen and oxygen atoms in total. The van der Waals surface area contributed by atoms with Crippen molar-refractivity contribution in [3.63, 3.8) is 0 Å². The van der Waals surface area contributed by atoms with Gasteiger partial charge in [-0.1, -0.05) is 22.9 Å². The second kappa shape index (κ2) is 7.27. The maximum absolute atomic E-state index is 5.47. The van der Waals surface area contributed by atoms with E-state index in [4.69, 9.17) is 4.74 Å². The lowest BCUT2D eigenvalue weighted by atomic mass is 10.0. The Morgan fingerprint density at radius 2 is 2.11 bits per heavy atom. The summed E-state index contributed by atoms with van der Waals surface area (Å²) < 4.78 is 6.59. The van der Waals surface area contributed by atoms with Gasteiger partial charge in [0.2, 0.25) is 0 Å². The Balaban J connectivity index is 2.10. The minimum absolute atomic E-state index is 0.690. The minimum atomic E-state index is 0.690. The van der Waals surface area contributed by atoms with Crippen molar-refractivity contribution in [2.24, 2.45) is 0 Å². The van der Waals surface area contributed by atoms with E-state index in [0.29, 0.717) is 6.04 Å². The molecule has 0 bridgehead atoms. The summed E-state index contributed by atoms with van der Waals surface area (Å²) in [4.78, 5) is 2.56. The van der Waals surface area contributed by atoms with Crippen LogP contribution in [0.1, 0.15) is 25.3 Å². The largest absolute Gasteiger partial charge is 0.496 e. The first-order valence-corrected chi connectivity index (χ1v) is 7.81. The lowest BCUT2D eigenvalue weighted by Crippen LogP contribution is -2.42. The third kappa shape index (κ3) is 3.94. The van der Waals surface area contributed by atoms with Crippen LogP contribution in [-0.4, -0.2) is 37.7 Å². The molecule has 19 heavy (non-hydrogen) atoms. The number of hydrogen-bond acceptors (Lipinski definition) is 3. The molecule has 1 fully saturated rings. The van der Waals surface area contributed by atoms with Gasteiger partial charge in [0.1, 0.15) is 5.75 Å². The van der Waals surface area contributed by atoms with Crippen molar-refractivity contribution in [3.8, 4) is 5.75 Å². The summed E-state index contributed by atoms with van der Waals surface area (Å²) in [6.07, 6.45) is 2.48. The van der Waals surface area contributed by atoms with Crippen LogP contribution in [0.15, 0.2) is 22.7 Å². The Labute approximate surface area is 124 Å². The number of rotatable bonds is 5. The molecule has 0 radical (unpaired) electrons. The van der Waals surface area contributed by atoms with Crippen LogP contribution in [0.2, 0.25) is 0 Å². The van der Waals surface area contributed by atoms with Crippen LogP contribution in [-0.2, 0) is 6.54 Å². The maximum atomic E-state index is 5.47. The normalized spacial score (nSPS) is 16.8. The molecule has 1 saturated heterocycles. The minimum Gasteiger partial charge on any atom is -0.496 e. The van der Waals surface area contributed by atoms with E-state index in [1.807, 2.05) is 12.1 Å². The molecular formula is C15H23BrN2O. The molecule has 2 rings (SSSR count). The van der Waals surface area contributed by atoms with Gasteiger partial charge in [0.15, 0.2) is 0 Å². The molecule has 1 N–H and O–H groups in total. The van der Waals surface area contributed by atoms with Gasteiger partial charge in [0.25, 0.3) is 0 Å². The van der Waals surface area contributed by atoms with E-state index in [2.05, 4.69) is 39.1 Å². The summed E-state index contributed by atoms with van der Waals surface area (Å²) >= 11 is 3.55. The highest BCUT2D eigenvalue weighted by Crippen LogP contribution is 2.26. The van der Waals surface area contributed by atoms with E-state index in [1.54, 1.807) is 7.11 Å². The molecule has 1 aromatic rings. The predicted octanol–water partition coefficient (Wildman–Crippen LogP) is 3.03. The van der Waals surface area contributed by atoms with Crippen LogP contribution in [0, 0.1) is 0 Å². The Morgan fingerprint density at radius 3 is 2.74 bits per heavy atom. The fraction of sp³-hybridized carbons (Fsp3) is 0.600. The molecule has 1 aromatic carbocycles. The van der Waals surface area contributed by atoms with Crippen molar-refractivity contribution in [2.75, 3.05) is 26.7 Å². The maximum Gasteiger partial charge on any atom is 0.123 e. The Hall–Kier alpha value is -0.580. The third-order valence-electron chi connectivity index (χ3n) is 3.85.